The van der Waals surface area contributed by atoms with E-state index in [0.717, 1.165) is 32.1 Å². The molecule has 0 saturated heterocycles. The number of nitrogens with two attached hydrogens (primary N) is 2. The molecular formula is C45H36N4O6S. The van der Waals surface area contributed by atoms with Crippen LogP contribution < -0.4 is 21.3 Å². The maximum absolute atomic E-state index is 14.6. The lowest BCUT2D eigenvalue weighted by Crippen LogP contribution is -2.31. The Balaban J connectivity index is 1.12. The van der Waals surface area contributed by atoms with Crippen LogP contribution in [0.5, 0.6) is 0 Å². The first-order valence-electron chi connectivity index (χ1n) is 17.8. The third kappa shape index (κ3) is 5.42. The van der Waals surface area contributed by atoms with Crippen LogP contribution in [0.3, 0.4) is 0 Å². The predicted molar refractivity (Wildman–Crippen MR) is 217 cm³/mol. The fraction of sp³-hybridized carbons (Fsp3) is 0.111. The number of carbonyl (C=O) groups is 4. The number of hydrogen-bond acceptors (Lipinski definition) is 8. The number of nitrogen functional groups attached to an aromatic ring is 2. The Bertz CT molecular complexity index is 2860. The van der Waals surface area contributed by atoms with Gasteiger partial charge in [0.05, 0.1) is 43.4 Å². The van der Waals surface area contributed by atoms with Gasteiger partial charge in [0.25, 0.3) is 23.6 Å². The molecule has 0 spiro atoms. The first-order chi connectivity index (χ1) is 26.6. The van der Waals surface area contributed by atoms with Crippen LogP contribution in [0.1, 0.15) is 69.2 Å². The highest BCUT2D eigenvalue weighted by atomic mass is 32.2. The highest BCUT2D eigenvalue weighted by Gasteiger charge is 2.40. The topological polar surface area (TPSA) is 161 Å². The lowest BCUT2D eigenvalue weighted by molar-refractivity contribution is 0.0910. The molecule has 0 unspecified atom stereocenters. The van der Waals surface area contributed by atoms with E-state index in [1.165, 1.54) is 12.1 Å². The van der Waals surface area contributed by atoms with Crippen molar-refractivity contribution < 1.29 is 27.6 Å². The number of sulfone groups is 1. The highest BCUT2D eigenvalue weighted by molar-refractivity contribution is 7.91. The van der Waals surface area contributed by atoms with E-state index >= 15 is 0 Å². The smallest absolute Gasteiger partial charge is 0.266 e. The van der Waals surface area contributed by atoms with Crippen molar-refractivity contribution in [1.82, 2.24) is 0 Å². The minimum absolute atomic E-state index is 0.00951. The normalized spacial score (nSPS) is 13.8. The number of imide groups is 2. The van der Waals surface area contributed by atoms with Crippen molar-refractivity contribution in [1.29, 1.82) is 0 Å². The zero-order valence-corrected chi connectivity index (χ0v) is 32.0. The molecule has 8 rings (SSSR count). The Labute approximate surface area is 323 Å². The highest BCUT2D eigenvalue weighted by Crippen LogP contribution is 2.41. The van der Waals surface area contributed by atoms with Crippen molar-refractivity contribution in [3.63, 3.8) is 0 Å². The standard InChI is InChI=1S/C45H36N4O6S/c1-23-20-39(49-43(51)35-17-11-31(22-37(35)45(49)53)29-8-14-33(47)15-9-29)25(3)27(5)41(23)56(54,55)40-19-18-38(24(2)26(40)4)48-42(50)34-16-10-30(21-36(34)44(48)52)28-6-12-32(46)13-7-28/h6-22H,46-47H2,1-5H3. The summed E-state index contributed by atoms with van der Waals surface area (Å²) in [5.41, 5.74) is 19.7. The molecule has 11 heteroatoms. The van der Waals surface area contributed by atoms with Gasteiger partial charge < -0.3 is 11.5 Å². The summed E-state index contributed by atoms with van der Waals surface area (Å²) in [7, 11) is -4.19. The second kappa shape index (κ2) is 12.9. The van der Waals surface area contributed by atoms with E-state index in [1.54, 1.807) is 101 Å². The van der Waals surface area contributed by atoms with Crippen LogP contribution in [0.4, 0.5) is 22.7 Å². The van der Waals surface area contributed by atoms with Gasteiger partial charge in [0.1, 0.15) is 0 Å². The SMILES string of the molecule is Cc1cc(N2C(=O)c3ccc(-c4ccc(N)cc4)cc3C2=O)c(C)c(C)c1S(=O)(=O)c1ccc(N2C(=O)c3ccc(-c4ccc(N)cc4)cc3C2=O)c(C)c1C. The van der Waals surface area contributed by atoms with Crippen molar-refractivity contribution in [2.75, 3.05) is 21.3 Å². The fourth-order valence-corrected chi connectivity index (χ4v) is 9.80. The van der Waals surface area contributed by atoms with Crippen LogP contribution >= 0.6 is 0 Å². The van der Waals surface area contributed by atoms with Gasteiger partial charge >= 0.3 is 0 Å². The number of hydrogen-bond donors (Lipinski definition) is 2. The van der Waals surface area contributed by atoms with Crippen molar-refractivity contribution in [3.05, 3.63) is 153 Å². The molecule has 2 aliphatic heterocycles. The number of aryl methyl sites for hydroxylation is 1. The molecule has 0 aliphatic carbocycles. The number of amides is 4. The molecule has 6 aromatic rings. The maximum atomic E-state index is 14.6. The molecular weight excluding hydrogens is 725 g/mol. The average Bonchev–Trinajstić information content (AvgIpc) is 3.57. The molecule has 4 amide bonds. The van der Waals surface area contributed by atoms with Gasteiger partial charge in [-0.15, -0.1) is 0 Å². The quantitative estimate of drug-likeness (QED) is 0.127. The molecule has 56 heavy (non-hydrogen) atoms. The second-order valence-corrected chi connectivity index (χ2v) is 16.1. The van der Waals surface area contributed by atoms with Crippen LogP contribution in [0.15, 0.2) is 113 Å². The van der Waals surface area contributed by atoms with Gasteiger partial charge in [-0.05, 0) is 151 Å². The van der Waals surface area contributed by atoms with Gasteiger partial charge in [-0.25, -0.2) is 18.2 Å². The summed E-state index contributed by atoms with van der Waals surface area (Å²) in [5, 5.41) is 0. The summed E-state index contributed by atoms with van der Waals surface area (Å²) in [6.45, 7) is 8.31. The molecule has 0 saturated carbocycles. The lowest BCUT2D eigenvalue weighted by atomic mass is 10.00. The molecule has 6 aromatic carbocycles. The Morgan fingerprint density at radius 2 is 0.839 bits per heavy atom. The van der Waals surface area contributed by atoms with Crippen molar-refractivity contribution in [2.45, 2.75) is 44.4 Å². The largest absolute Gasteiger partial charge is 0.399 e. The fourth-order valence-electron chi connectivity index (χ4n) is 7.74. The van der Waals surface area contributed by atoms with Crippen LogP contribution in [0.2, 0.25) is 0 Å². The molecule has 4 N–H and O–H groups in total. The first-order valence-corrected chi connectivity index (χ1v) is 19.3. The molecule has 0 atom stereocenters. The minimum Gasteiger partial charge on any atom is -0.399 e. The molecule has 2 heterocycles. The van der Waals surface area contributed by atoms with Gasteiger partial charge in [0.2, 0.25) is 9.84 Å². The van der Waals surface area contributed by atoms with E-state index in [4.69, 9.17) is 11.5 Å². The number of nitrogens with zero attached hydrogens (tertiary/aromatic N) is 2. The van der Waals surface area contributed by atoms with Crippen LogP contribution in [-0.2, 0) is 9.84 Å². The van der Waals surface area contributed by atoms with E-state index in [0.29, 0.717) is 44.9 Å². The molecule has 278 valence electrons. The number of anilines is 4. The molecule has 0 aromatic heterocycles. The summed E-state index contributed by atoms with van der Waals surface area (Å²) in [6.07, 6.45) is 0. The zero-order valence-electron chi connectivity index (χ0n) is 31.2. The molecule has 0 bridgehead atoms. The van der Waals surface area contributed by atoms with Crippen molar-refractivity contribution >= 4 is 56.2 Å². The summed E-state index contributed by atoms with van der Waals surface area (Å²) in [5.74, 6) is -2.01. The summed E-state index contributed by atoms with van der Waals surface area (Å²) in [4.78, 5) is 57.3. The van der Waals surface area contributed by atoms with Gasteiger partial charge in [-0.2, -0.15) is 0 Å². The van der Waals surface area contributed by atoms with Gasteiger partial charge in [0.15, 0.2) is 0 Å². The number of carbonyl (C=O) groups excluding carboxylic acids is 4. The van der Waals surface area contributed by atoms with E-state index < -0.39 is 33.5 Å². The summed E-state index contributed by atoms with van der Waals surface area (Å²) < 4.78 is 29.1. The van der Waals surface area contributed by atoms with Crippen molar-refractivity contribution in [3.8, 4) is 22.3 Å². The molecule has 0 fully saturated rings. The Morgan fingerprint density at radius 1 is 0.429 bits per heavy atom. The first kappa shape index (κ1) is 36.1. The zero-order chi connectivity index (χ0) is 40.0. The minimum atomic E-state index is -4.19. The third-order valence-corrected chi connectivity index (χ3v) is 13.2. The monoisotopic (exact) mass is 760 g/mol. The number of fused-ring (bicyclic) bond motifs is 2. The Morgan fingerprint density at radius 3 is 1.32 bits per heavy atom. The summed E-state index contributed by atoms with van der Waals surface area (Å²) >= 11 is 0. The van der Waals surface area contributed by atoms with Gasteiger partial charge in [0, 0.05) is 11.4 Å². The van der Waals surface area contributed by atoms with Gasteiger partial charge in [-0.1, -0.05) is 36.4 Å². The van der Waals surface area contributed by atoms with E-state index in [2.05, 4.69) is 0 Å². The number of rotatable bonds is 6. The Hall–Kier alpha value is -6.85. The van der Waals surface area contributed by atoms with Crippen molar-refractivity contribution in [2.24, 2.45) is 0 Å². The summed E-state index contributed by atoms with van der Waals surface area (Å²) in [6, 6.07) is 29.0. The number of benzene rings is 6. The lowest BCUT2D eigenvalue weighted by Gasteiger charge is -2.23. The van der Waals surface area contributed by atoms with E-state index in [9.17, 15) is 27.6 Å². The molecule has 10 nitrogen and oxygen atoms in total. The average molecular weight is 761 g/mol. The molecule has 0 radical (unpaired) electrons. The van der Waals surface area contributed by atoms with E-state index in [1.807, 2.05) is 24.3 Å². The Kier molecular flexibility index (Phi) is 8.32. The predicted octanol–water partition coefficient (Wildman–Crippen LogP) is 8.16. The third-order valence-electron chi connectivity index (χ3n) is 11.0. The van der Waals surface area contributed by atoms with Crippen LogP contribution in [0.25, 0.3) is 22.3 Å². The van der Waals surface area contributed by atoms with Crippen LogP contribution in [-0.4, -0.2) is 32.0 Å². The maximum Gasteiger partial charge on any atom is 0.266 e. The molecule has 2 aliphatic rings. The van der Waals surface area contributed by atoms with Gasteiger partial charge in [-0.3, -0.25) is 19.2 Å². The second-order valence-electron chi connectivity index (χ2n) is 14.3. The van der Waals surface area contributed by atoms with E-state index in [-0.39, 0.29) is 37.7 Å². The van der Waals surface area contributed by atoms with Crippen LogP contribution in [0, 0.1) is 34.6 Å².